The van der Waals surface area contributed by atoms with Gasteiger partial charge in [0.05, 0.1) is 12.2 Å². The lowest BCUT2D eigenvalue weighted by Gasteiger charge is -2.60. The Kier molecular flexibility index (Phi) is 17.3. The van der Waals surface area contributed by atoms with Gasteiger partial charge in [0.25, 0.3) is 0 Å². The lowest BCUT2D eigenvalue weighted by molar-refractivity contribution is -0.170. The molecule has 0 unspecified atom stereocenters. The van der Waals surface area contributed by atoms with E-state index in [1.807, 2.05) is 0 Å². The number of carbonyl (C=O) groups excluding carboxylic acids is 1. The second-order valence-electron chi connectivity index (χ2n) is 18.5. The van der Waals surface area contributed by atoms with Crippen LogP contribution < -0.4 is 0 Å². The molecule has 0 heterocycles. The smallest absolute Gasteiger partial charge is 0.145 e. The van der Waals surface area contributed by atoms with Gasteiger partial charge in [0.1, 0.15) is 5.78 Å². The van der Waals surface area contributed by atoms with E-state index in [-0.39, 0.29) is 10.8 Å². The van der Waals surface area contributed by atoms with Crippen LogP contribution in [0.4, 0.5) is 0 Å². The highest BCUT2D eigenvalue weighted by Gasteiger charge is 2.63. The first kappa shape index (κ1) is 39.8. The van der Waals surface area contributed by atoms with Crippen molar-refractivity contribution in [1.82, 2.24) is 0 Å². The van der Waals surface area contributed by atoms with Crippen molar-refractivity contribution in [3.63, 3.8) is 0 Å². The van der Waals surface area contributed by atoms with E-state index in [0.717, 1.165) is 42.7 Å². The summed E-state index contributed by atoms with van der Waals surface area (Å²) in [7, 11) is 0. The van der Waals surface area contributed by atoms with Gasteiger partial charge in [-0.05, 0) is 146 Å². The van der Waals surface area contributed by atoms with Crippen molar-refractivity contribution in [1.29, 1.82) is 0 Å². The van der Waals surface area contributed by atoms with Gasteiger partial charge in [0.2, 0.25) is 0 Å². The maximum absolute atomic E-state index is 14.0. The molecule has 3 heteroatoms. The Bertz CT molecular complexity index is 810. The van der Waals surface area contributed by atoms with Crippen LogP contribution in [-0.2, 0) is 14.3 Å². The predicted octanol–water partition coefficient (Wildman–Crippen LogP) is 13.7. The van der Waals surface area contributed by atoms with E-state index in [4.69, 9.17) is 9.47 Å². The van der Waals surface area contributed by atoms with Crippen LogP contribution >= 0.6 is 0 Å². The maximum Gasteiger partial charge on any atom is 0.145 e. The van der Waals surface area contributed by atoms with Gasteiger partial charge in [0.15, 0.2) is 0 Å². The minimum Gasteiger partial charge on any atom is -0.378 e. The van der Waals surface area contributed by atoms with Crippen LogP contribution in [0, 0.1) is 34.5 Å². The van der Waals surface area contributed by atoms with Gasteiger partial charge in [-0.3, -0.25) is 4.79 Å². The average Bonchev–Trinajstić information content (AvgIpc) is 3.14. The van der Waals surface area contributed by atoms with Crippen molar-refractivity contribution in [2.24, 2.45) is 34.5 Å². The third-order valence-corrected chi connectivity index (χ3v) is 15.1. The first-order valence-electron chi connectivity index (χ1n) is 22.9. The van der Waals surface area contributed by atoms with Crippen LogP contribution in [0.5, 0.6) is 0 Å². The molecule has 5 rings (SSSR count). The molecule has 0 aliphatic heterocycles. The molecule has 0 aromatic carbocycles. The van der Waals surface area contributed by atoms with Gasteiger partial charge in [-0.2, -0.15) is 0 Å². The minimum absolute atomic E-state index is 0.0874. The highest BCUT2D eigenvalue weighted by Crippen LogP contribution is 2.65. The largest absolute Gasteiger partial charge is 0.378 e. The van der Waals surface area contributed by atoms with E-state index in [0.29, 0.717) is 12.2 Å². The molecule has 2 spiro atoms. The van der Waals surface area contributed by atoms with Crippen molar-refractivity contribution < 1.29 is 14.3 Å². The lowest BCUT2D eigenvalue weighted by atomic mass is 9.42. The van der Waals surface area contributed by atoms with Crippen LogP contribution in [0.25, 0.3) is 0 Å². The summed E-state index contributed by atoms with van der Waals surface area (Å²) in [5.41, 5.74) is 0.175. The molecule has 49 heavy (non-hydrogen) atoms. The number of ketones is 1. The highest BCUT2D eigenvalue weighted by atomic mass is 16.5. The van der Waals surface area contributed by atoms with Gasteiger partial charge in [0, 0.05) is 24.0 Å². The number of hydrogen-bond donors (Lipinski definition) is 0. The quantitative estimate of drug-likeness (QED) is 0.107. The molecule has 5 aliphatic carbocycles. The molecule has 0 aromatic heterocycles. The molecule has 0 bridgehead atoms. The normalized spacial score (nSPS) is 35.2. The molecule has 5 aliphatic rings. The Labute approximate surface area is 305 Å². The molecule has 0 aromatic rings. The van der Waals surface area contributed by atoms with Crippen molar-refractivity contribution in [3.8, 4) is 0 Å². The third kappa shape index (κ3) is 11.8. The fourth-order valence-electron chi connectivity index (χ4n) is 11.8. The first-order chi connectivity index (χ1) is 24.1. The summed E-state index contributed by atoms with van der Waals surface area (Å²) in [5.74, 6) is 4.27. The molecule has 0 amide bonds. The van der Waals surface area contributed by atoms with E-state index < -0.39 is 0 Å². The summed E-state index contributed by atoms with van der Waals surface area (Å²) in [6.07, 6.45) is 45.0. The van der Waals surface area contributed by atoms with E-state index in [2.05, 4.69) is 13.8 Å². The molecule has 5 fully saturated rings. The first-order valence-corrected chi connectivity index (χ1v) is 22.9. The number of carbonyl (C=O) groups is 1. The molecule has 0 radical (unpaired) electrons. The van der Waals surface area contributed by atoms with E-state index in [9.17, 15) is 4.79 Å². The van der Waals surface area contributed by atoms with Gasteiger partial charge < -0.3 is 9.47 Å². The summed E-state index contributed by atoms with van der Waals surface area (Å²) in [6, 6.07) is 0. The van der Waals surface area contributed by atoms with E-state index in [1.54, 1.807) is 0 Å². The molecule has 0 atom stereocenters. The van der Waals surface area contributed by atoms with Crippen LogP contribution in [0.3, 0.4) is 0 Å². The fraction of sp³-hybridized carbons (Fsp3) is 0.978. The van der Waals surface area contributed by atoms with Crippen molar-refractivity contribution in [3.05, 3.63) is 0 Å². The average molecular weight is 683 g/mol. The van der Waals surface area contributed by atoms with Gasteiger partial charge in [-0.25, -0.2) is 0 Å². The van der Waals surface area contributed by atoms with Crippen LogP contribution in [0.1, 0.15) is 226 Å². The van der Waals surface area contributed by atoms with Crippen molar-refractivity contribution in [2.45, 2.75) is 238 Å². The zero-order valence-corrected chi connectivity index (χ0v) is 32.9. The topological polar surface area (TPSA) is 35.5 Å². The minimum atomic E-state index is 0.0874. The standard InChI is InChI=1S/C46H82O3/c1-3-5-7-9-11-13-15-17-35-48-42-23-19-38(20-24-42)40-27-31-45(32-28-40)37-46(44(45)47)33-29-41(30-34-46)39-21-25-43(26-22-39)49-36-18-16-14-12-10-8-6-4-2/h38-43H,3-37H2,1-2H3/t38-,39-,40?,41?,42-,43-,45?,46?. The van der Waals surface area contributed by atoms with Crippen molar-refractivity contribution in [2.75, 3.05) is 13.2 Å². The molecular weight excluding hydrogens is 601 g/mol. The highest BCUT2D eigenvalue weighted by molar-refractivity contribution is 5.96. The number of unbranched alkanes of at least 4 members (excludes halogenated alkanes) is 14. The van der Waals surface area contributed by atoms with Gasteiger partial charge >= 0.3 is 0 Å². The molecule has 0 saturated heterocycles. The summed E-state index contributed by atoms with van der Waals surface area (Å²) < 4.78 is 12.7. The SMILES string of the molecule is CCCCCCCCCCO[C@H]1CC[C@H](C2CCC3(CC2)CC2(CCC([C@H]4CC[C@H](OCCCCCCCCCC)CC4)CC2)C3=O)CC1. The number of rotatable bonds is 22. The summed E-state index contributed by atoms with van der Waals surface area (Å²) in [5, 5.41) is 0. The Morgan fingerprint density at radius 3 is 1.06 bits per heavy atom. The monoisotopic (exact) mass is 683 g/mol. The Morgan fingerprint density at radius 2 is 0.735 bits per heavy atom. The molecule has 5 saturated carbocycles. The van der Waals surface area contributed by atoms with Crippen molar-refractivity contribution >= 4 is 5.78 Å². The van der Waals surface area contributed by atoms with Crippen LogP contribution in [-0.4, -0.2) is 31.2 Å². The zero-order chi connectivity index (χ0) is 34.2. The lowest BCUT2D eigenvalue weighted by Crippen LogP contribution is -2.60. The Balaban J connectivity index is 0.886. The zero-order valence-electron chi connectivity index (χ0n) is 32.9. The summed E-state index contributed by atoms with van der Waals surface area (Å²) >= 11 is 0. The Hall–Kier alpha value is -0.410. The molecule has 0 N–H and O–H groups in total. The van der Waals surface area contributed by atoms with Crippen LogP contribution in [0.2, 0.25) is 0 Å². The van der Waals surface area contributed by atoms with Crippen LogP contribution in [0.15, 0.2) is 0 Å². The predicted molar refractivity (Wildman–Crippen MR) is 207 cm³/mol. The van der Waals surface area contributed by atoms with Gasteiger partial charge in [-0.15, -0.1) is 0 Å². The second-order valence-corrected chi connectivity index (χ2v) is 18.5. The number of ether oxygens (including phenoxy) is 2. The summed E-state index contributed by atoms with van der Waals surface area (Å²) in [4.78, 5) is 14.0. The van der Waals surface area contributed by atoms with E-state index >= 15 is 0 Å². The van der Waals surface area contributed by atoms with E-state index in [1.165, 1.54) is 212 Å². The maximum atomic E-state index is 14.0. The Morgan fingerprint density at radius 1 is 0.429 bits per heavy atom. The molecule has 284 valence electrons. The molecular formula is C46H82O3. The number of hydrogen-bond acceptors (Lipinski definition) is 3. The molecule has 3 nitrogen and oxygen atoms in total. The van der Waals surface area contributed by atoms with Gasteiger partial charge in [-0.1, -0.05) is 104 Å². The third-order valence-electron chi connectivity index (χ3n) is 15.1. The fourth-order valence-corrected chi connectivity index (χ4v) is 11.8. The second kappa shape index (κ2) is 21.3. The number of Topliss-reactive ketones (excluding diaryl/α,β-unsaturated/α-hetero) is 1. The summed E-state index contributed by atoms with van der Waals surface area (Å²) in [6.45, 7) is 6.56.